The highest BCUT2D eigenvalue weighted by molar-refractivity contribution is 5.92. The van der Waals surface area contributed by atoms with Gasteiger partial charge >= 0.3 is 0 Å². The van der Waals surface area contributed by atoms with Gasteiger partial charge in [-0.05, 0) is 31.2 Å². The zero-order chi connectivity index (χ0) is 12.7. The predicted octanol–water partition coefficient (Wildman–Crippen LogP) is 1.43. The molecule has 0 fully saturated rings. The van der Waals surface area contributed by atoms with E-state index < -0.39 is 5.91 Å². The summed E-state index contributed by atoms with van der Waals surface area (Å²) in [5.41, 5.74) is 5.87. The molecule has 0 saturated heterocycles. The Morgan fingerprint density at radius 3 is 2.94 bits per heavy atom. The lowest BCUT2D eigenvalue weighted by Gasteiger charge is -2.06. The van der Waals surface area contributed by atoms with E-state index in [1.165, 1.54) is 18.2 Å². The Labute approximate surface area is 100 Å². The minimum Gasteiger partial charge on any atom is -0.366 e. The summed E-state index contributed by atoms with van der Waals surface area (Å²) in [5.74, 6) is 1.62. The van der Waals surface area contributed by atoms with Crippen molar-refractivity contribution in [3.8, 4) is 12.3 Å². The topological polar surface area (TPSA) is 55.1 Å². The quantitative estimate of drug-likeness (QED) is 0.578. The number of primary amides is 1. The van der Waals surface area contributed by atoms with E-state index in [2.05, 4.69) is 11.2 Å². The Morgan fingerprint density at radius 2 is 2.29 bits per heavy atom. The third kappa shape index (κ3) is 4.25. The van der Waals surface area contributed by atoms with Crippen LogP contribution >= 0.6 is 0 Å². The molecular formula is C13H15FN2O. The van der Waals surface area contributed by atoms with E-state index in [0.717, 1.165) is 6.42 Å². The molecule has 0 unspecified atom stereocenters. The van der Waals surface area contributed by atoms with Crippen molar-refractivity contribution in [3.05, 3.63) is 35.1 Å². The number of nitrogens with two attached hydrogens (primary N) is 1. The van der Waals surface area contributed by atoms with E-state index in [1.54, 1.807) is 0 Å². The van der Waals surface area contributed by atoms with Crippen LogP contribution in [0.1, 0.15) is 28.8 Å². The van der Waals surface area contributed by atoms with Gasteiger partial charge in [-0.2, -0.15) is 0 Å². The lowest BCUT2D eigenvalue weighted by atomic mass is 10.1. The Bertz CT molecular complexity index is 438. The largest absolute Gasteiger partial charge is 0.366 e. The van der Waals surface area contributed by atoms with Crippen molar-refractivity contribution in [3.63, 3.8) is 0 Å². The molecule has 0 aromatic heterocycles. The highest BCUT2D eigenvalue weighted by Crippen LogP contribution is 2.10. The molecule has 3 N–H and O–H groups in total. The smallest absolute Gasteiger partial charge is 0.248 e. The van der Waals surface area contributed by atoms with Gasteiger partial charge in [-0.25, -0.2) is 4.39 Å². The normalized spacial score (nSPS) is 9.88. The van der Waals surface area contributed by atoms with Gasteiger partial charge in [-0.15, -0.1) is 12.3 Å². The molecule has 0 aliphatic carbocycles. The molecular weight excluding hydrogens is 219 g/mol. The number of halogens is 1. The number of hydrogen-bond acceptors (Lipinski definition) is 2. The van der Waals surface area contributed by atoms with Crippen LogP contribution in [-0.4, -0.2) is 12.5 Å². The van der Waals surface area contributed by atoms with E-state index in [0.29, 0.717) is 30.6 Å². The van der Waals surface area contributed by atoms with E-state index in [4.69, 9.17) is 12.2 Å². The monoisotopic (exact) mass is 234 g/mol. The number of amides is 1. The first-order valence-electron chi connectivity index (χ1n) is 5.37. The van der Waals surface area contributed by atoms with Crippen LogP contribution in [0.4, 0.5) is 4.39 Å². The summed E-state index contributed by atoms with van der Waals surface area (Å²) in [7, 11) is 0. The summed E-state index contributed by atoms with van der Waals surface area (Å²) >= 11 is 0. The van der Waals surface area contributed by atoms with Crippen molar-refractivity contribution in [2.45, 2.75) is 19.4 Å². The van der Waals surface area contributed by atoms with Crippen molar-refractivity contribution >= 4 is 5.91 Å². The molecule has 90 valence electrons. The highest BCUT2D eigenvalue weighted by Gasteiger charge is 2.06. The number of nitrogens with one attached hydrogen (secondary N) is 1. The van der Waals surface area contributed by atoms with Gasteiger partial charge in [-0.1, -0.05) is 0 Å². The first-order chi connectivity index (χ1) is 8.15. The molecule has 0 radical (unpaired) electrons. The summed E-state index contributed by atoms with van der Waals surface area (Å²) in [6.07, 6.45) is 6.64. The van der Waals surface area contributed by atoms with Crippen molar-refractivity contribution in [1.29, 1.82) is 0 Å². The molecule has 1 aromatic carbocycles. The number of hydrogen-bond donors (Lipinski definition) is 2. The van der Waals surface area contributed by atoms with Crippen LogP contribution in [0, 0.1) is 18.2 Å². The fourth-order valence-electron chi connectivity index (χ4n) is 1.40. The minimum absolute atomic E-state index is 0.312. The van der Waals surface area contributed by atoms with E-state index >= 15 is 0 Å². The van der Waals surface area contributed by atoms with Crippen LogP contribution in [-0.2, 0) is 6.54 Å². The van der Waals surface area contributed by atoms with E-state index in [-0.39, 0.29) is 5.82 Å². The zero-order valence-corrected chi connectivity index (χ0v) is 9.50. The molecule has 17 heavy (non-hydrogen) atoms. The number of unbranched alkanes of at least 4 members (excludes halogenated alkanes) is 1. The standard InChI is InChI=1S/C13H15FN2O/c1-2-3-4-7-16-9-11-8-10(13(15)17)5-6-12(11)14/h1,5-6,8,16H,3-4,7,9H2,(H2,15,17). The van der Waals surface area contributed by atoms with Crippen LogP contribution in [0.5, 0.6) is 0 Å². The van der Waals surface area contributed by atoms with Gasteiger partial charge in [0.2, 0.25) is 5.91 Å². The maximum absolute atomic E-state index is 13.4. The second-order valence-electron chi connectivity index (χ2n) is 3.65. The highest BCUT2D eigenvalue weighted by atomic mass is 19.1. The molecule has 1 aromatic rings. The summed E-state index contributed by atoms with van der Waals surface area (Å²) in [5, 5.41) is 3.06. The van der Waals surface area contributed by atoms with Crippen molar-refractivity contribution in [2.24, 2.45) is 5.73 Å². The number of terminal acetylenes is 1. The average molecular weight is 234 g/mol. The first-order valence-corrected chi connectivity index (χ1v) is 5.37. The van der Waals surface area contributed by atoms with E-state index in [1.807, 2.05) is 0 Å². The van der Waals surface area contributed by atoms with Gasteiger partial charge in [0.1, 0.15) is 5.82 Å². The molecule has 0 aliphatic rings. The average Bonchev–Trinajstić information content (AvgIpc) is 2.30. The predicted molar refractivity (Wildman–Crippen MR) is 64.7 cm³/mol. The summed E-state index contributed by atoms with van der Waals surface area (Å²) in [6.45, 7) is 1.07. The lowest BCUT2D eigenvalue weighted by molar-refractivity contribution is 0.1000. The number of carbonyl (C=O) groups is 1. The first kappa shape index (κ1) is 13.2. The van der Waals surface area contributed by atoms with Crippen LogP contribution < -0.4 is 11.1 Å². The maximum atomic E-state index is 13.4. The minimum atomic E-state index is -0.557. The van der Waals surface area contributed by atoms with Crippen LogP contribution in [0.3, 0.4) is 0 Å². The van der Waals surface area contributed by atoms with Crippen molar-refractivity contribution in [2.75, 3.05) is 6.54 Å². The van der Waals surface area contributed by atoms with Crippen LogP contribution in [0.25, 0.3) is 0 Å². The number of benzene rings is 1. The molecule has 3 nitrogen and oxygen atoms in total. The SMILES string of the molecule is C#CCCCNCc1cc(C(N)=O)ccc1F. The van der Waals surface area contributed by atoms with Gasteiger partial charge < -0.3 is 11.1 Å². The fraction of sp³-hybridized carbons (Fsp3) is 0.308. The third-order valence-electron chi connectivity index (χ3n) is 2.32. The van der Waals surface area contributed by atoms with Gasteiger partial charge in [0, 0.05) is 24.1 Å². The molecule has 0 atom stereocenters. The Hall–Kier alpha value is -1.86. The Kier molecular flexibility index (Phi) is 5.18. The third-order valence-corrected chi connectivity index (χ3v) is 2.32. The molecule has 0 aliphatic heterocycles. The summed E-state index contributed by atoms with van der Waals surface area (Å²) in [4.78, 5) is 10.9. The van der Waals surface area contributed by atoms with Crippen molar-refractivity contribution in [1.82, 2.24) is 5.32 Å². The van der Waals surface area contributed by atoms with E-state index in [9.17, 15) is 9.18 Å². The lowest BCUT2D eigenvalue weighted by Crippen LogP contribution is -2.17. The van der Waals surface area contributed by atoms with Gasteiger partial charge in [0.25, 0.3) is 0 Å². The van der Waals surface area contributed by atoms with Crippen LogP contribution in [0.15, 0.2) is 18.2 Å². The molecule has 0 bridgehead atoms. The van der Waals surface area contributed by atoms with Gasteiger partial charge in [0.05, 0.1) is 0 Å². The van der Waals surface area contributed by atoms with Crippen LogP contribution in [0.2, 0.25) is 0 Å². The molecule has 1 amide bonds. The van der Waals surface area contributed by atoms with Gasteiger partial charge in [-0.3, -0.25) is 4.79 Å². The Morgan fingerprint density at radius 1 is 1.53 bits per heavy atom. The molecule has 4 heteroatoms. The molecule has 1 rings (SSSR count). The second kappa shape index (κ2) is 6.66. The Balaban J connectivity index is 2.55. The zero-order valence-electron chi connectivity index (χ0n) is 9.50. The molecule has 0 heterocycles. The summed E-state index contributed by atoms with van der Waals surface area (Å²) < 4.78 is 13.4. The van der Waals surface area contributed by atoms with Gasteiger partial charge in [0.15, 0.2) is 0 Å². The fourth-order valence-corrected chi connectivity index (χ4v) is 1.40. The second-order valence-corrected chi connectivity index (χ2v) is 3.65. The molecule has 0 spiro atoms. The van der Waals surface area contributed by atoms with Crippen molar-refractivity contribution < 1.29 is 9.18 Å². The number of rotatable bonds is 6. The molecule has 0 saturated carbocycles. The summed E-state index contributed by atoms with van der Waals surface area (Å²) in [6, 6.07) is 4.09. The maximum Gasteiger partial charge on any atom is 0.248 e. The number of carbonyl (C=O) groups excluding carboxylic acids is 1.